The molecule has 1 aromatic rings. The van der Waals surface area contributed by atoms with Gasteiger partial charge < -0.3 is 15.3 Å². The first kappa shape index (κ1) is 16.4. The molecule has 0 aliphatic heterocycles. The van der Waals surface area contributed by atoms with E-state index in [4.69, 9.17) is 0 Å². The number of anilines is 1. The Bertz CT molecular complexity index is 458. The molecule has 0 aliphatic rings. The van der Waals surface area contributed by atoms with Crippen LogP contribution in [0.5, 0.6) is 0 Å². The number of hydrogen-bond donors (Lipinski definition) is 2. The lowest BCUT2D eigenvalue weighted by Gasteiger charge is -2.29. The quantitative estimate of drug-likeness (QED) is 0.831. The molecule has 0 aromatic carbocycles. The van der Waals surface area contributed by atoms with Crippen molar-refractivity contribution in [1.82, 2.24) is 10.3 Å². The van der Waals surface area contributed by atoms with Crippen molar-refractivity contribution < 1.29 is 9.90 Å². The summed E-state index contributed by atoms with van der Waals surface area (Å²) in [5, 5.41) is 13.1. The van der Waals surface area contributed by atoms with Crippen LogP contribution in [0.15, 0.2) is 18.3 Å². The van der Waals surface area contributed by atoms with E-state index in [9.17, 15) is 9.90 Å². The van der Waals surface area contributed by atoms with Crippen LogP contribution in [0.2, 0.25) is 0 Å². The summed E-state index contributed by atoms with van der Waals surface area (Å²) in [6.07, 6.45) is 2.47. The SMILES string of the molecule is CCC(C)C(C)(O)CNC(=O)c1ccnc(N(C)C)c1. The number of aromatic nitrogens is 1. The lowest BCUT2D eigenvalue weighted by Crippen LogP contribution is -2.45. The van der Waals surface area contributed by atoms with Gasteiger partial charge in [0.2, 0.25) is 0 Å². The first-order valence-electron chi connectivity index (χ1n) is 6.92. The summed E-state index contributed by atoms with van der Waals surface area (Å²) < 4.78 is 0. The Balaban J connectivity index is 2.70. The number of rotatable bonds is 6. The molecule has 0 saturated carbocycles. The van der Waals surface area contributed by atoms with Gasteiger partial charge in [-0.15, -0.1) is 0 Å². The zero-order chi connectivity index (χ0) is 15.3. The van der Waals surface area contributed by atoms with E-state index in [1.54, 1.807) is 25.3 Å². The maximum atomic E-state index is 12.1. The lowest BCUT2D eigenvalue weighted by atomic mass is 9.88. The van der Waals surface area contributed by atoms with Gasteiger partial charge in [-0.1, -0.05) is 20.3 Å². The first-order chi connectivity index (χ1) is 9.27. The number of nitrogens with zero attached hydrogens (tertiary/aromatic N) is 2. The smallest absolute Gasteiger partial charge is 0.251 e. The Morgan fingerprint density at radius 1 is 1.55 bits per heavy atom. The Morgan fingerprint density at radius 3 is 2.75 bits per heavy atom. The highest BCUT2D eigenvalue weighted by molar-refractivity contribution is 5.94. The molecule has 1 heterocycles. The number of aliphatic hydroxyl groups is 1. The van der Waals surface area contributed by atoms with Crippen LogP contribution in [0.1, 0.15) is 37.6 Å². The van der Waals surface area contributed by atoms with Crippen molar-refractivity contribution in [3.8, 4) is 0 Å². The van der Waals surface area contributed by atoms with E-state index in [1.807, 2.05) is 32.8 Å². The van der Waals surface area contributed by atoms with Gasteiger partial charge in [-0.25, -0.2) is 4.98 Å². The van der Waals surface area contributed by atoms with Crippen LogP contribution < -0.4 is 10.2 Å². The molecule has 0 bridgehead atoms. The van der Waals surface area contributed by atoms with Crippen LogP contribution in [-0.2, 0) is 0 Å². The maximum absolute atomic E-state index is 12.1. The third-order valence-corrected chi connectivity index (χ3v) is 3.75. The number of amides is 1. The summed E-state index contributed by atoms with van der Waals surface area (Å²) in [4.78, 5) is 18.1. The molecule has 0 saturated heterocycles. The second kappa shape index (κ2) is 6.70. The number of nitrogens with one attached hydrogen (secondary N) is 1. The molecule has 2 atom stereocenters. The largest absolute Gasteiger partial charge is 0.388 e. The highest BCUT2D eigenvalue weighted by Gasteiger charge is 2.27. The van der Waals surface area contributed by atoms with Gasteiger partial charge in [0.05, 0.1) is 5.60 Å². The molecule has 2 N–H and O–H groups in total. The molecular weight excluding hydrogens is 254 g/mol. The van der Waals surface area contributed by atoms with Gasteiger partial charge in [0.15, 0.2) is 0 Å². The summed E-state index contributed by atoms with van der Waals surface area (Å²) >= 11 is 0. The fourth-order valence-electron chi connectivity index (χ4n) is 1.78. The van der Waals surface area contributed by atoms with Gasteiger partial charge in [0, 0.05) is 32.4 Å². The number of carbonyl (C=O) groups is 1. The van der Waals surface area contributed by atoms with E-state index in [-0.39, 0.29) is 18.4 Å². The van der Waals surface area contributed by atoms with Crippen molar-refractivity contribution in [2.45, 2.75) is 32.8 Å². The second-order valence-corrected chi connectivity index (χ2v) is 5.65. The van der Waals surface area contributed by atoms with Gasteiger partial charge in [-0.3, -0.25) is 4.79 Å². The van der Waals surface area contributed by atoms with Crippen LogP contribution in [0.3, 0.4) is 0 Å². The van der Waals surface area contributed by atoms with Crippen LogP contribution in [0, 0.1) is 5.92 Å². The molecular formula is C15H25N3O2. The molecule has 1 rings (SSSR count). The number of carbonyl (C=O) groups excluding carboxylic acids is 1. The van der Waals surface area contributed by atoms with Crippen molar-refractivity contribution in [3.63, 3.8) is 0 Å². The van der Waals surface area contributed by atoms with E-state index in [0.717, 1.165) is 12.2 Å². The third-order valence-electron chi connectivity index (χ3n) is 3.75. The lowest BCUT2D eigenvalue weighted by molar-refractivity contribution is 0.00593. The minimum atomic E-state index is -0.901. The maximum Gasteiger partial charge on any atom is 0.251 e. The van der Waals surface area contributed by atoms with Gasteiger partial charge in [-0.2, -0.15) is 0 Å². The molecule has 2 unspecified atom stereocenters. The van der Waals surface area contributed by atoms with Crippen molar-refractivity contribution in [2.24, 2.45) is 5.92 Å². The molecule has 20 heavy (non-hydrogen) atoms. The Hall–Kier alpha value is -1.62. The minimum absolute atomic E-state index is 0.123. The molecule has 1 amide bonds. The Labute approximate surface area is 121 Å². The van der Waals surface area contributed by atoms with E-state index < -0.39 is 5.60 Å². The second-order valence-electron chi connectivity index (χ2n) is 5.65. The van der Waals surface area contributed by atoms with Gasteiger partial charge in [-0.05, 0) is 25.0 Å². The van der Waals surface area contributed by atoms with Gasteiger partial charge >= 0.3 is 0 Å². The molecule has 112 valence electrons. The highest BCUT2D eigenvalue weighted by Crippen LogP contribution is 2.19. The summed E-state index contributed by atoms with van der Waals surface area (Å²) in [5.41, 5.74) is -0.356. The predicted octanol–water partition coefficient (Wildman–Crippen LogP) is 1.67. The van der Waals surface area contributed by atoms with Gasteiger partial charge in [0.25, 0.3) is 5.91 Å². The normalized spacial score (nSPS) is 15.3. The molecule has 0 spiro atoms. The number of pyridine rings is 1. The monoisotopic (exact) mass is 279 g/mol. The predicted molar refractivity (Wildman–Crippen MR) is 81.0 cm³/mol. The number of hydrogen-bond acceptors (Lipinski definition) is 4. The Kier molecular flexibility index (Phi) is 5.51. The van der Waals surface area contributed by atoms with E-state index in [0.29, 0.717) is 5.56 Å². The van der Waals surface area contributed by atoms with Crippen LogP contribution >= 0.6 is 0 Å². The molecule has 1 aromatic heterocycles. The molecule has 0 fully saturated rings. The van der Waals surface area contributed by atoms with E-state index in [2.05, 4.69) is 10.3 Å². The first-order valence-corrected chi connectivity index (χ1v) is 6.92. The summed E-state index contributed by atoms with van der Waals surface area (Å²) in [7, 11) is 3.75. The van der Waals surface area contributed by atoms with E-state index >= 15 is 0 Å². The van der Waals surface area contributed by atoms with Crippen LogP contribution in [0.25, 0.3) is 0 Å². The zero-order valence-electron chi connectivity index (χ0n) is 13.0. The molecule has 0 radical (unpaired) electrons. The summed E-state index contributed by atoms with van der Waals surface area (Å²) in [6.45, 7) is 5.98. The fraction of sp³-hybridized carbons (Fsp3) is 0.600. The molecule has 5 heteroatoms. The Morgan fingerprint density at radius 2 is 2.20 bits per heavy atom. The van der Waals surface area contributed by atoms with Gasteiger partial charge in [0.1, 0.15) is 5.82 Å². The minimum Gasteiger partial charge on any atom is -0.388 e. The summed E-state index contributed by atoms with van der Waals surface area (Å²) in [5.74, 6) is 0.656. The molecule has 0 aliphatic carbocycles. The average Bonchev–Trinajstić information content (AvgIpc) is 2.43. The third kappa shape index (κ3) is 4.20. The van der Waals surface area contributed by atoms with Crippen molar-refractivity contribution >= 4 is 11.7 Å². The highest BCUT2D eigenvalue weighted by atomic mass is 16.3. The average molecular weight is 279 g/mol. The summed E-state index contributed by atoms with van der Waals surface area (Å²) in [6, 6.07) is 3.40. The standard InChI is InChI=1S/C15H25N3O2/c1-6-11(2)15(3,20)10-17-14(19)12-7-8-16-13(9-12)18(4)5/h7-9,11,20H,6,10H2,1-5H3,(H,17,19). The van der Waals surface area contributed by atoms with Crippen molar-refractivity contribution in [2.75, 3.05) is 25.5 Å². The zero-order valence-corrected chi connectivity index (χ0v) is 13.0. The van der Waals surface area contributed by atoms with E-state index in [1.165, 1.54) is 0 Å². The van der Waals surface area contributed by atoms with Crippen molar-refractivity contribution in [3.05, 3.63) is 23.9 Å². The van der Waals surface area contributed by atoms with Crippen LogP contribution in [-0.4, -0.2) is 42.2 Å². The van der Waals surface area contributed by atoms with Crippen molar-refractivity contribution in [1.29, 1.82) is 0 Å². The topological polar surface area (TPSA) is 65.5 Å². The fourth-order valence-corrected chi connectivity index (χ4v) is 1.78. The molecule has 5 nitrogen and oxygen atoms in total. The van der Waals surface area contributed by atoms with Crippen LogP contribution in [0.4, 0.5) is 5.82 Å².